The van der Waals surface area contributed by atoms with E-state index in [2.05, 4.69) is 10.1 Å². The number of ether oxygens (including phenoxy) is 1. The Kier molecular flexibility index (Phi) is 7.73. The highest BCUT2D eigenvalue weighted by Crippen LogP contribution is 1.97. The molecule has 0 aromatic carbocycles. The number of carbonyl (C=O) groups is 2. The first-order valence-corrected chi connectivity index (χ1v) is 7.04. The van der Waals surface area contributed by atoms with Crippen LogP contribution in [0.25, 0.3) is 0 Å². The molecule has 17 heavy (non-hydrogen) atoms. The van der Waals surface area contributed by atoms with Crippen LogP contribution in [0.4, 0.5) is 0 Å². The third kappa shape index (κ3) is 6.38. The predicted molar refractivity (Wildman–Crippen MR) is 65.8 cm³/mol. The lowest BCUT2D eigenvalue weighted by atomic mass is 10.2. The molecule has 100 valence electrons. The Labute approximate surface area is 104 Å². The molecule has 0 aliphatic rings. The maximum absolute atomic E-state index is 11.4. The maximum atomic E-state index is 11.4. The zero-order chi connectivity index (χ0) is 13.4. The van der Waals surface area contributed by atoms with E-state index in [1.807, 2.05) is 6.92 Å². The van der Waals surface area contributed by atoms with Crippen LogP contribution in [0.3, 0.4) is 0 Å². The molecule has 0 heterocycles. The molecule has 0 spiro atoms. The largest absolute Gasteiger partial charge is 0.464 e. The van der Waals surface area contributed by atoms with Crippen LogP contribution in [0.15, 0.2) is 0 Å². The van der Waals surface area contributed by atoms with Crippen molar-refractivity contribution >= 4 is 22.7 Å². The van der Waals surface area contributed by atoms with E-state index < -0.39 is 28.7 Å². The van der Waals surface area contributed by atoms with Crippen molar-refractivity contribution in [3.8, 4) is 0 Å². The average molecular weight is 264 g/mol. The lowest BCUT2D eigenvalue weighted by molar-refractivity contribution is -0.147. The summed E-state index contributed by atoms with van der Waals surface area (Å²) in [7, 11) is -0.922. The second kappa shape index (κ2) is 8.19. The van der Waals surface area contributed by atoms with Crippen LogP contribution in [0.1, 0.15) is 20.3 Å². The van der Waals surface area contributed by atoms with Crippen molar-refractivity contribution in [3.63, 3.8) is 0 Å². The molecular weight excluding hydrogens is 244 g/mol. The van der Waals surface area contributed by atoms with E-state index in [4.69, 9.17) is 5.73 Å². The van der Waals surface area contributed by atoms with Crippen molar-refractivity contribution in [1.29, 1.82) is 0 Å². The van der Waals surface area contributed by atoms with Crippen LogP contribution in [0.2, 0.25) is 0 Å². The number of esters is 1. The molecule has 0 fully saturated rings. The van der Waals surface area contributed by atoms with Crippen molar-refractivity contribution in [3.05, 3.63) is 0 Å². The fourth-order valence-corrected chi connectivity index (χ4v) is 1.46. The Morgan fingerprint density at radius 2 is 2.06 bits per heavy atom. The molecule has 0 aliphatic heterocycles. The van der Waals surface area contributed by atoms with Gasteiger partial charge in [-0.15, -0.1) is 0 Å². The Morgan fingerprint density at radius 3 is 2.53 bits per heavy atom. The van der Waals surface area contributed by atoms with Crippen molar-refractivity contribution in [1.82, 2.24) is 5.32 Å². The zero-order valence-corrected chi connectivity index (χ0v) is 11.2. The lowest BCUT2D eigenvalue weighted by Gasteiger charge is -2.12. The van der Waals surface area contributed by atoms with Gasteiger partial charge >= 0.3 is 5.97 Å². The van der Waals surface area contributed by atoms with Gasteiger partial charge in [0, 0.05) is 28.9 Å². The van der Waals surface area contributed by atoms with Crippen molar-refractivity contribution < 1.29 is 18.5 Å². The normalized spacial score (nSPS) is 15.8. The third-order valence-electron chi connectivity index (χ3n) is 2.24. The molecule has 3 N–H and O–H groups in total. The topological polar surface area (TPSA) is 98.5 Å². The van der Waals surface area contributed by atoms with Crippen LogP contribution in [0, 0.1) is 0 Å². The van der Waals surface area contributed by atoms with Gasteiger partial charge in [0.1, 0.15) is 0 Å². The summed E-state index contributed by atoms with van der Waals surface area (Å²) in [6, 6.07) is -1.29. The second-order valence-electron chi connectivity index (χ2n) is 3.62. The van der Waals surface area contributed by atoms with Gasteiger partial charge < -0.3 is 15.8 Å². The van der Waals surface area contributed by atoms with Gasteiger partial charge in [-0.25, -0.2) is 4.79 Å². The van der Waals surface area contributed by atoms with Crippen molar-refractivity contribution in [2.24, 2.45) is 5.73 Å². The minimum absolute atomic E-state index is 0.00545. The first-order valence-electron chi connectivity index (χ1n) is 5.42. The predicted octanol–water partition coefficient (Wildman–Crippen LogP) is -0.850. The summed E-state index contributed by atoms with van der Waals surface area (Å²) in [6.45, 7) is 3.99. The molecule has 3 atom stereocenters. The molecule has 0 bridgehead atoms. The number of rotatable bonds is 7. The van der Waals surface area contributed by atoms with E-state index in [9.17, 15) is 13.8 Å². The molecule has 0 rings (SSSR count). The SMILES string of the molecule is CCOC(=O)C(N)C(=O)NCCC(C)S(C)=O. The Bertz CT molecular complexity index is 296. The monoisotopic (exact) mass is 264 g/mol. The Balaban J connectivity index is 3.94. The van der Waals surface area contributed by atoms with Gasteiger partial charge in [-0.1, -0.05) is 6.92 Å². The summed E-state index contributed by atoms with van der Waals surface area (Å²) < 4.78 is 15.7. The molecule has 0 aromatic rings. The fraction of sp³-hybridized carbons (Fsp3) is 0.800. The fourth-order valence-electron chi connectivity index (χ4n) is 1.01. The van der Waals surface area contributed by atoms with Gasteiger partial charge in [-0.3, -0.25) is 9.00 Å². The molecule has 0 aliphatic carbocycles. The molecular formula is C10H20N2O4S. The van der Waals surface area contributed by atoms with Crippen LogP contribution >= 0.6 is 0 Å². The molecule has 1 amide bonds. The number of nitrogens with one attached hydrogen (secondary N) is 1. The van der Waals surface area contributed by atoms with E-state index in [0.717, 1.165) is 0 Å². The highest BCUT2D eigenvalue weighted by Gasteiger charge is 2.22. The quantitative estimate of drug-likeness (QED) is 0.461. The molecule has 7 heteroatoms. The van der Waals surface area contributed by atoms with Gasteiger partial charge in [0.2, 0.25) is 5.91 Å². The summed E-state index contributed by atoms with van der Waals surface area (Å²) in [5.41, 5.74) is 5.38. The summed E-state index contributed by atoms with van der Waals surface area (Å²) in [4.78, 5) is 22.5. The van der Waals surface area contributed by atoms with Crippen LogP contribution in [0.5, 0.6) is 0 Å². The Morgan fingerprint density at radius 1 is 1.47 bits per heavy atom. The van der Waals surface area contributed by atoms with Crippen molar-refractivity contribution in [2.45, 2.75) is 31.6 Å². The molecule has 3 unspecified atom stereocenters. The van der Waals surface area contributed by atoms with Crippen LogP contribution in [-0.2, 0) is 25.1 Å². The molecule has 0 saturated carbocycles. The van der Waals surface area contributed by atoms with Gasteiger partial charge in [-0.05, 0) is 13.3 Å². The van der Waals surface area contributed by atoms with Gasteiger partial charge in [0.15, 0.2) is 6.04 Å². The molecule has 0 saturated heterocycles. The van der Waals surface area contributed by atoms with Crippen LogP contribution in [-0.4, -0.2) is 46.8 Å². The number of hydrogen-bond donors (Lipinski definition) is 2. The first kappa shape index (κ1) is 16.1. The number of carbonyl (C=O) groups excluding carboxylic acids is 2. The lowest BCUT2D eigenvalue weighted by Crippen LogP contribution is -2.47. The summed E-state index contributed by atoms with van der Waals surface area (Å²) in [5.74, 6) is -1.31. The summed E-state index contributed by atoms with van der Waals surface area (Å²) >= 11 is 0. The minimum Gasteiger partial charge on any atom is -0.464 e. The maximum Gasteiger partial charge on any atom is 0.332 e. The number of amides is 1. The van der Waals surface area contributed by atoms with E-state index in [1.54, 1.807) is 13.2 Å². The smallest absolute Gasteiger partial charge is 0.332 e. The molecule has 0 aromatic heterocycles. The highest BCUT2D eigenvalue weighted by atomic mass is 32.2. The first-order chi connectivity index (χ1) is 7.90. The van der Waals surface area contributed by atoms with E-state index in [1.165, 1.54) is 0 Å². The van der Waals surface area contributed by atoms with Gasteiger partial charge in [0.05, 0.1) is 6.61 Å². The van der Waals surface area contributed by atoms with Gasteiger partial charge in [0.25, 0.3) is 0 Å². The summed E-state index contributed by atoms with van der Waals surface area (Å²) in [6.07, 6.45) is 2.18. The van der Waals surface area contributed by atoms with Crippen molar-refractivity contribution in [2.75, 3.05) is 19.4 Å². The standard InChI is InChI=1S/C10H20N2O4S/c1-4-16-10(14)8(11)9(13)12-6-5-7(2)17(3)15/h7-8H,4-6,11H2,1-3H3,(H,12,13). The average Bonchev–Trinajstić information content (AvgIpc) is 2.27. The Hall–Kier alpha value is -0.950. The van der Waals surface area contributed by atoms with E-state index >= 15 is 0 Å². The second-order valence-corrected chi connectivity index (χ2v) is 5.42. The highest BCUT2D eigenvalue weighted by molar-refractivity contribution is 7.84. The van der Waals surface area contributed by atoms with E-state index in [0.29, 0.717) is 13.0 Å². The summed E-state index contributed by atoms with van der Waals surface area (Å²) in [5, 5.41) is 2.50. The number of hydrogen-bond acceptors (Lipinski definition) is 5. The molecule has 0 radical (unpaired) electrons. The van der Waals surface area contributed by atoms with Crippen LogP contribution < -0.4 is 11.1 Å². The van der Waals surface area contributed by atoms with Gasteiger partial charge in [-0.2, -0.15) is 0 Å². The minimum atomic E-state index is -1.29. The third-order valence-corrected chi connectivity index (χ3v) is 3.61. The zero-order valence-electron chi connectivity index (χ0n) is 10.4. The molecule has 6 nitrogen and oxygen atoms in total. The van der Waals surface area contributed by atoms with E-state index in [-0.39, 0.29) is 11.9 Å². The number of nitrogens with two attached hydrogens (primary N) is 1.